The Morgan fingerprint density at radius 2 is 1.79 bits per heavy atom. The number of methoxy groups -OCH3 is 1. The van der Waals surface area contributed by atoms with Crippen LogP contribution in [-0.2, 0) is 19.4 Å². The molecule has 4 heteroatoms. The minimum Gasteiger partial charge on any atom is -0.496 e. The number of fused-ring (bicyclic) bond motifs is 1. The fraction of sp³-hybridized carbons (Fsp3) is 0.700. The summed E-state index contributed by atoms with van der Waals surface area (Å²) in [7, 11) is 1.77. The van der Waals surface area contributed by atoms with E-state index in [9.17, 15) is 5.11 Å². The first kappa shape index (κ1) is 16.4. The SMILES string of the molecule is COc1cc2c(cc1CN1C[C@H](O)[C@@H](N3CCCCC3)C1)CCC2. The number of hydrogen-bond donors (Lipinski definition) is 1. The first-order chi connectivity index (χ1) is 11.7. The normalized spacial score (nSPS) is 28.2. The minimum absolute atomic E-state index is 0.219. The van der Waals surface area contributed by atoms with E-state index in [2.05, 4.69) is 21.9 Å². The molecule has 3 aliphatic rings. The number of aliphatic hydroxyl groups is 1. The summed E-state index contributed by atoms with van der Waals surface area (Å²) in [6.07, 6.45) is 7.33. The van der Waals surface area contributed by atoms with E-state index in [0.717, 1.165) is 38.5 Å². The zero-order chi connectivity index (χ0) is 16.5. The number of aryl methyl sites for hydroxylation is 2. The molecule has 1 aromatic carbocycles. The predicted molar refractivity (Wildman–Crippen MR) is 95.5 cm³/mol. The number of hydrogen-bond acceptors (Lipinski definition) is 4. The smallest absolute Gasteiger partial charge is 0.123 e. The van der Waals surface area contributed by atoms with Crippen molar-refractivity contribution >= 4 is 0 Å². The highest BCUT2D eigenvalue weighted by atomic mass is 16.5. The van der Waals surface area contributed by atoms with Crippen molar-refractivity contribution in [1.29, 1.82) is 0 Å². The van der Waals surface area contributed by atoms with E-state index < -0.39 is 0 Å². The molecule has 4 nitrogen and oxygen atoms in total. The van der Waals surface area contributed by atoms with Crippen LogP contribution in [0.25, 0.3) is 0 Å². The van der Waals surface area contributed by atoms with Crippen molar-refractivity contribution < 1.29 is 9.84 Å². The standard InChI is InChI=1S/C20H30N2O2/c1-24-20-11-16-7-5-6-15(16)10-17(20)12-21-13-18(19(23)14-21)22-8-3-2-4-9-22/h10-11,18-19,23H,2-9,12-14H2,1H3/t18-,19-/m0/s1. The molecule has 2 saturated heterocycles. The number of nitrogens with zero attached hydrogens (tertiary/aromatic N) is 2. The zero-order valence-corrected chi connectivity index (χ0v) is 14.8. The fourth-order valence-corrected chi connectivity index (χ4v) is 4.79. The lowest BCUT2D eigenvalue weighted by molar-refractivity contribution is 0.0706. The van der Waals surface area contributed by atoms with Gasteiger partial charge in [0.15, 0.2) is 0 Å². The van der Waals surface area contributed by atoms with Gasteiger partial charge in [-0.25, -0.2) is 0 Å². The summed E-state index contributed by atoms with van der Waals surface area (Å²) < 4.78 is 5.65. The molecule has 0 saturated carbocycles. The highest BCUT2D eigenvalue weighted by Crippen LogP contribution is 2.31. The predicted octanol–water partition coefficient (Wildman–Crippen LogP) is 2.21. The van der Waals surface area contributed by atoms with E-state index in [1.165, 1.54) is 55.2 Å². The number of β-amino-alcohol motifs (C(OH)–C–C–N with tert-alkyl or cyclic N) is 1. The molecule has 2 atom stereocenters. The maximum atomic E-state index is 10.6. The third-order valence-electron chi connectivity index (χ3n) is 6.08. The molecule has 2 aliphatic heterocycles. The van der Waals surface area contributed by atoms with E-state index in [1.807, 2.05) is 0 Å². The molecule has 0 aromatic heterocycles. The van der Waals surface area contributed by atoms with Crippen molar-refractivity contribution in [1.82, 2.24) is 9.80 Å². The fourth-order valence-electron chi connectivity index (χ4n) is 4.79. The Balaban J connectivity index is 1.46. The van der Waals surface area contributed by atoms with E-state index in [1.54, 1.807) is 7.11 Å². The lowest BCUT2D eigenvalue weighted by Crippen LogP contribution is -2.45. The van der Waals surface area contributed by atoms with Crippen LogP contribution in [0.2, 0.25) is 0 Å². The molecular weight excluding hydrogens is 300 g/mol. The molecular formula is C20H30N2O2. The van der Waals surface area contributed by atoms with Gasteiger partial charge >= 0.3 is 0 Å². The van der Waals surface area contributed by atoms with Gasteiger partial charge in [0.1, 0.15) is 5.75 Å². The van der Waals surface area contributed by atoms with Crippen LogP contribution in [0, 0.1) is 0 Å². The van der Waals surface area contributed by atoms with Crippen LogP contribution in [0.5, 0.6) is 5.75 Å². The lowest BCUT2D eigenvalue weighted by atomic mass is 10.0. The topological polar surface area (TPSA) is 35.9 Å². The van der Waals surface area contributed by atoms with Gasteiger partial charge in [-0.15, -0.1) is 0 Å². The number of rotatable bonds is 4. The van der Waals surface area contributed by atoms with Gasteiger partial charge in [-0.3, -0.25) is 9.80 Å². The number of ether oxygens (including phenoxy) is 1. The van der Waals surface area contributed by atoms with Gasteiger partial charge in [0.2, 0.25) is 0 Å². The quantitative estimate of drug-likeness (QED) is 0.918. The number of aliphatic hydroxyl groups excluding tert-OH is 1. The summed E-state index contributed by atoms with van der Waals surface area (Å²) >= 11 is 0. The largest absolute Gasteiger partial charge is 0.496 e. The zero-order valence-electron chi connectivity index (χ0n) is 14.8. The van der Waals surface area contributed by atoms with Crippen molar-refractivity contribution in [2.45, 2.75) is 57.2 Å². The molecule has 2 heterocycles. The lowest BCUT2D eigenvalue weighted by Gasteiger charge is -2.33. The maximum absolute atomic E-state index is 10.6. The van der Waals surface area contributed by atoms with Crippen LogP contribution in [-0.4, -0.2) is 60.3 Å². The van der Waals surface area contributed by atoms with E-state index in [-0.39, 0.29) is 6.10 Å². The molecule has 4 rings (SSSR count). The number of piperidine rings is 1. The van der Waals surface area contributed by atoms with E-state index >= 15 is 0 Å². The van der Waals surface area contributed by atoms with Crippen LogP contribution < -0.4 is 4.74 Å². The Bertz CT molecular complexity index is 583. The summed E-state index contributed by atoms with van der Waals surface area (Å²) in [6.45, 7) is 4.94. The maximum Gasteiger partial charge on any atom is 0.123 e. The Hall–Kier alpha value is -1.10. The Morgan fingerprint density at radius 1 is 1.04 bits per heavy atom. The van der Waals surface area contributed by atoms with Crippen LogP contribution in [0.15, 0.2) is 12.1 Å². The van der Waals surface area contributed by atoms with E-state index in [4.69, 9.17) is 4.74 Å². The number of benzene rings is 1. The molecule has 0 radical (unpaired) electrons. The molecule has 0 bridgehead atoms. The summed E-state index contributed by atoms with van der Waals surface area (Å²) in [6, 6.07) is 4.90. The highest BCUT2D eigenvalue weighted by Gasteiger charge is 2.36. The highest BCUT2D eigenvalue weighted by molar-refractivity contribution is 5.44. The van der Waals surface area contributed by atoms with Crippen molar-refractivity contribution in [2.75, 3.05) is 33.3 Å². The number of likely N-dealkylation sites (tertiary alicyclic amines) is 2. The van der Waals surface area contributed by atoms with Crippen LogP contribution in [0.4, 0.5) is 0 Å². The first-order valence-corrected chi connectivity index (χ1v) is 9.58. The van der Waals surface area contributed by atoms with Crippen LogP contribution in [0.1, 0.15) is 42.4 Å². The van der Waals surface area contributed by atoms with Crippen molar-refractivity contribution in [3.8, 4) is 5.75 Å². The third-order valence-corrected chi connectivity index (χ3v) is 6.08. The van der Waals surface area contributed by atoms with E-state index in [0.29, 0.717) is 6.04 Å². The Labute approximate surface area is 145 Å². The van der Waals surface area contributed by atoms with Crippen molar-refractivity contribution in [2.24, 2.45) is 0 Å². The van der Waals surface area contributed by atoms with Gasteiger partial charge in [-0.1, -0.05) is 12.5 Å². The monoisotopic (exact) mass is 330 g/mol. The molecule has 24 heavy (non-hydrogen) atoms. The molecule has 132 valence electrons. The molecule has 1 aliphatic carbocycles. The van der Waals surface area contributed by atoms with Gasteiger partial charge in [0.25, 0.3) is 0 Å². The second-order valence-electron chi connectivity index (χ2n) is 7.71. The Kier molecular flexibility index (Phi) is 4.79. The Morgan fingerprint density at radius 3 is 2.54 bits per heavy atom. The molecule has 1 aromatic rings. The molecule has 0 spiro atoms. The second kappa shape index (κ2) is 7.03. The van der Waals surface area contributed by atoms with Gasteiger partial charge in [-0.05, 0) is 62.4 Å². The third kappa shape index (κ3) is 3.19. The molecule has 2 fully saturated rings. The van der Waals surface area contributed by atoms with Crippen LogP contribution >= 0.6 is 0 Å². The molecule has 1 N–H and O–H groups in total. The average molecular weight is 330 g/mol. The first-order valence-electron chi connectivity index (χ1n) is 9.58. The minimum atomic E-state index is -0.219. The van der Waals surface area contributed by atoms with Gasteiger partial charge in [0, 0.05) is 31.2 Å². The second-order valence-corrected chi connectivity index (χ2v) is 7.71. The molecule has 0 unspecified atom stereocenters. The summed E-state index contributed by atoms with van der Waals surface area (Å²) in [5, 5.41) is 10.6. The van der Waals surface area contributed by atoms with Gasteiger partial charge < -0.3 is 9.84 Å². The van der Waals surface area contributed by atoms with Crippen molar-refractivity contribution in [3.05, 3.63) is 28.8 Å². The van der Waals surface area contributed by atoms with Gasteiger partial charge in [0.05, 0.1) is 13.2 Å². The average Bonchev–Trinajstić information content (AvgIpc) is 3.20. The van der Waals surface area contributed by atoms with Gasteiger partial charge in [-0.2, -0.15) is 0 Å². The van der Waals surface area contributed by atoms with Crippen LogP contribution in [0.3, 0.4) is 0 Å². The van der Waals surface area contributed by atoms with Crippen molar-refractivity contribution in [3.63, 3.8) is 0 Å². The summed E-state index contributed by atoms with van der Waals surface area (Å²) in [5.74, 6) is 1.02. The summed E-state index contributed by atoms with van der Waals surface area (Å²) in [5.41, 5.74) is 4.24. The summed E-state index contributed by atoms with van der Waals surface area (Å²) in [4.78, 5) is 4.91. The molecule has 0 amide bonds.